The number of pyridine rings is 2. The van der Waals surface area contributed by atoms with E-state index in [2.05, 4.69) is 20.3 Å². The first kappa shape index (κ1) is 23.2. The highest BCUT2D eigenvalue weighted by atomic mass is 32.1. The van der Waals surface area contributed by atoms with Crippen LogP contribution in [0.4, 0.5) is 15.9 Å². The van der Waals surface area contributed by atoms with E-state index in [1.165, 1.54) is 40.8 Å². The molecule has 0 saturated heterocycles. The molecule has 0 fully saturated rings. The van der Waals surface area contributed by atoms with Gasteiger partial charge < -0.3 is 20.7 Å². The molecule has 0 spiro atoms. The fourth-order valence-corrected chi connectivity index (χ4v) is 4.92. The van der Waals surface area contributed by atoms with Crippen LogP contribution in [0.1, 0.15) is 35.3 Å². The Morgan fingerprint density at radius 1 is 1.29 bits per heavy atom. The quantitative estimate of drug-likeness (QED) is 0.383. The van der Waals surface area contributed by atoms with Crippen molar-refractivity contribution in [2.75, 3.05) is 11.1 Å². The Bertz CT molecular complexity index is 1440. The number of nitrogen functional groups attached to an aromatic ring is 1. The molecule has 1 amide bonds. The number of amides is 1. The largest absolute Gasteiger partial charge is 0.383 e. The van der Waals surface area contributed by atoms with Crippen molar-refractivity contribution < 1.29 is 13.9 Å². The van der Waals surface area contributed by atoms with Crippen molar-refractivity contribution in [1.29, 1.82) is 0 Å². The second kappa shape index (κ2) is 9.61. The van der Waals surface area contributed by atoms with Gasteiger partial charge >= 0.3 is 0 Å². The molecule has 0 aliphatic carbocycles. The molecular weight excluding hydrogens is 487 g/mol. The molecule has 0 bridgehead atoms. The van der Waals surface area contributed by atoms with E-state index in [1.807, 2.05) is 18.2 Å². The summed E-state index contributed by atoms with van der Waals surface area (Å²) in [4.78, 5) is 27.8. The highest BCUT2D eigenvalue weighted by Crippen LogP contribution is 2.31. The van der Waals surface area contributed by atoms with Crippen molar-refractivity contribution in [1.82, 2.24) is 19.9 Å². The number of carbonyl (C=O) groups excluding carboxylic acids is 1. The molecule has 11 heteroatoms. The van der Waals surface area contributed by atoms with Gasteiger partial charge in [-0.25, -0.2) is 14.4 Å². The number of nitrogens with two attached hydrogens (primary N) is 1. The molecule has 4 heterocycles. The normalized spacial score (nSPS) is 13.4. The summed E-state index contributed by atoms with van der Waals surface area (Å²) >= 11 is 7.03. The molecule has 1 aromatic carbocycles. The lowest BCUT2D eigenvalue weighted by molar-refractivity contribution is -0.126. The van der Waals surface area contributed by atoms with Crippen molar-refractivity contribution in [3.05, 3.63) is 76.4 Å². The van der Waals surface area contributed by atoms with Crippen molar-refractivity contribution in [2.45, 2.75) is 32.7 Å². The number of ether oxygens (including phenoxy) is 1. The molecule has 0 radical (unpaired) electrons. The molecule has 178 valence electrons. The minimum atomic E-state index is -0.687. The van der Waals surface area contributed by atoms with E-state index in [0.717, 1.165) is 26.9 Å². The molecule has 35 heavy (non-hydrogen) atoms. The van der Waals surface area contributed by atoms with Crippen molar-refractivity contribution >= 4 is 56.2 Å². The minimum absolute atomic E-state index is 0.0522. The zero-order valence-electron chi connectivity index (χ0n) is 18.7. The summed E-state index contributed by atoms with van der Waals surface area (Å²) in [6.45, 7) is 2.61. The van der Waals surface area contributed by atoms with E-state index in [4.69, 9.17) is 22.7 Å². The van der Waals surface area contributed by atoms with Gasteiger partial charge in [0, 0.05) is 23.9 Å². The Labute approximate surface area is 210 Å². The van der Waals surface area contributed by atoms with Crippen molar-refractivity contribution in [2.24, 2.45) is 0 Å². The van der Waals surface area contributed by atoms with Gasteiger partial charge in [0.25, 0.3) is 5.91 Å². The second-order valence-electron chi connectivity index (χ2n) is 8.10. The van der Waals surface area contributed by atoms with Gasteiger partial charge in [0.2, 0.25) is 0 Å². The van der Waals surface area contributed by atoms with Crippen LogP contribution >= 0.6 is 23.6 Å². The third-order valence-corrected chi connectivity index (χ3v) is 7.01. The van der Waals surface area contributed by atoms with Gasteiger partial charge in [0.1, 0.15) is 11.6 Å². The van der Waals surface area contributed by atoms with Crippen LogP contribution in [-0.2, 0) is 29.3 Å². The van der Waals surface area contributed by atoms with E-state index in [9.17, 15) is 9.18 Å². The molecule has 5 rings (SSSR count). The monoisotopic (exact) mass is 508 g/mol. The first-order valence-corrected chi connectivity index (χ1v) is 12.1. The Morgan fingerprint density at radius 3 is 2.94 bits per heavy atom. The van der Waals surface area contributed by atoms with Crippen LogP contribution in [0.2, 0.25) is 0 Å². The number of aromatic nitrogens is 3. The van der Waals surface area contributed by atoms with Gasteiger partial charge in [-0.3, -0.25) is 9.78 Å². The first-order valence-electron chi connectivity index (χ1n) is 10.8. The van der Waals surface area contributed by atoms with Crippen LogP contribution in [0.15, 0.2) is 48.2 Å². The van der Waals surface area contributed by atoms with Gasteiger partial charge in [-0.2, -0.15) is 0 Å². The zero-order valence-corrected chi connectivity index (χ0v) is 20.3. The van der Waals surface area contributed by atoms with Gasteiger partial charge in [-0.05, 0) is 36.8 Å². The lowest BCUT2D eigenvalue weighted by atomic mass is 10.1. The van der Waals surface area contributed by atoms with E-state index < -0.39 is 17.8 Å². The molecule has 1 unspecified atom stereocenters. The predicted molar refractivity (Wildman–Crippen MR) is 136 cm³/mol. The van der Waals surface area contributed by atoms with Crippen molar-refractivity contribution in [3.63, 3.8) is 0 Å². The summed E-state index contributed by atoms with van der Waals surface area (Å²) in [6.07, 6.45) is 3.03. The summed E-state index contributed by atoms with van der Waals surface area (Å²) in [7, 11) is 0. The van der Waals surface area contributed by atoms with Gasteiger partial charge in [-0.1, -0.05) is 18.3 Å². The van der Waals surface area contributed by atoms with Crippen LogP contribution in [0.5, 0.6) is 0 Å². The number of halogens is 1. The number of nitrogens with zero attached hydrogens (tertiary/aromatic N) is 4. The molecule has 3 aromatic heterocycles. The lowest BCUT2D eigenvalue weighted by Crippen LogP contribution is -2.40. The number of fused-ring (bicyclic) bond motifs is 2. The number of carbonyl (C=O) groups is 1. The maximum atomic E-state index is 14.6. The minimum Gasteiger partial charge on any atom is -0.383 e. The number of hydrogen-bond acceptors (Lipinski definition) is 8. The zero-order chi connectivity index (χ0) is 24.5. The molecule has 1 atom stereocenters. The van der Waals surface area contributed by atoms with E-state index in [0.29, 0.717) is 24.7 Å². The molecule has 4 aromatic rings. The number of hydrogen-bond donors (Lipinski definition) is 2. The second-order valence-corrected chi connectivity index (χ2v) is 9.39. The van der Waals surface area contributed by atoms with Crippen LogP contribution in [0, 0.1) is 5.82 Å². The lowest BCUT2D eigenvalue weighted by Gasteiger charge is -2.30. The number of anilines is 2. The Morgan fingerprint density at radius 2 is 2.11 bits per heavy atom. The van der Waals surface area contributed by atoms with Gasteiger partial charge in [-0.15, -0.1) is 11.3 Å². The van der Waals surface area contributed by atoms with Crippen LogP contribution in [0.25, 0.3) is 10.2 Å². The number of thiazole rings is 1. The molecule has 3 N–H and O–H groups in total. The summed E-state index contributed by atoms with van der Waals surface area (Å²) < 4.78 is 21.1. The predicted octanol–water partition coefficient (Wildman–Crippen LogP) is 4.37. The van der Waals surface area contributed by atoms with E-state index >= 15 is 0 Å². The number of benzene rings is 1. The van der Waals surface area contributed by atoms with Crippen LogP contribution < -0.4 is 11.1 Å². The Hall–Kier alpha value is -3.54. The van der Waals surface area contributed by atoms with E-state index in [1.54, 1.807) is 12.4 Å². The third-order valence-electron chi connectivity index (χ3n) is 5.93. The first-order chi connectivity index (χ1) is 16.9. The maximum absolute atomic E-state index is 14.6. The van der Waals surface area contributed by atoms with Crippen molar-refractivity contribution in [3.8, 4) is 0 Å². The summed E-state index contributed by atoms with van der Waals surface area (Å²) in [5, 5.41) is 3.00. The Balaban J connectivity index is 1.45. The Kier molecular flexibility index (Phi) is 6.37. The SMILES string of the molecule is CC(c1ncccc1F)N(Cc1ccc2scnc2c1)C(=O)C(=S)Nc1cnc(N)c2c1COC2. The highest BCUT2D eigenvalue weighted by molar-refractivity contribution is 7.82. The van der Waals surface area contributed by atoms with Crippen LogP contribution in [0.3, 0.4) is 0 Å². The smallest absolute Gasteiger partial charge is 0.282 e. The third kappa shape index (κ3) is 4.57. The molecular formula is C24H21FN6O2S2. The summed E-state index contributed by atoms with van der Waals surface area (Å²) in [6, 6.07) is 7.94. The average molecular weight is 509 g/mol. The number of thiocarbonyl (C=S) groups is 1. The number of rotatable bonds is 5. The molecule has 8 nitrogen and oxygen atoms in total. The highest BCUT2D eigenvalue weighted by Gasteiger charge is 2.29. The summed E-state index contributed by atoms with van der Waals surface area (Å²) in [5.74, 6) is -0.580. The maximum Gasteiger partial charge on any atom is 0.282 e. The number of nitrogens with one attached hydrogen (secondary N) is 1. The molecule has 1 aliphatic rings. The topological polar surface area (TPSA) is 106 Å². The molecule has 0 saturated carbocycles. The fourth-order valence-electron chi connectivity index (χ4n) is 4.04. The van der Waals surface area contributed by atoms with Gasteiger partial charge in [0.15, 0.2) is 4.99 Å². The van der Waals surface area contributed by atoms with E-state index in [-0.39, 0.29) is 17.2 Å². The fraction of sp³-hybridized carbons (Fsp3) is 0.208. The standard InChI is InChI=1S/C24H21FN6O2S2/c1-13(21-17(25)3-2-6-27-21)31(9-14-4-5-20-18(7-14)29-12-35-20)24(32)23(34)30-19-8-28-22(26)16-11-33-10-15(16)19/h2-8,12-13H,9-11H2,1H3,(H2,26,28)(H,30,34). The molecule has 1 aliphatic heterocycles. The van der Waals surface area contributed by atoms with Gasteiger partial charge in [0.05, 0.1) is 52.6 Å². The van der Waals surface area contributed by atoms with Crippen LogP contribution in [-0.4, -0.2) is 30.7 Å². The summed E-state index contributed by atoms with van der Waals surface area (Å²) in [5.41, 5.74) is 11.7. The average Bonchev–Trinajstić information content (AvgIpc) is 3.54.